The summed E-state index contributed by atoms with van der Waals surface area (Å²) in [6.45, 7) is 2.73. The zero-order valence-electron chi connectivity index (χ0n) is 11.9. The molecule has 0 aromatic heterocycles. The lowest BCUT2D eigenvalue weighted by Crippen LogP contribution is -2.46. The highest BCUT2D eigenvalue weighted by Crippen LogP contribution is 2.16. The van der Waals surface area contributed by atoms with Crippen LogP contribution in [0, 0.1) is 0 Å². The number of piperidine rings is 1. The third-order valence-corrected chi connectivity index (χ3v) is 5.27. The number of sulfonamides is 1. The monoisotopic (exact) mass is 312 g/mol. The molecule has 6 nitrogen and oxygen atoms in total. The first-order valence-corrected chi connectivity index (χ1v) is 8.50. The molecule has 0 spiro atoms. The van der Waals surface area contributed by atoms with Gasteiger partial charge in [-0.25, -0.2) is 17.9 Å². The van der Waals surface area contributed by atoms with Gasteiger partial charge in [0.25, 0.3) is 0 Å². The molecule has 0 atom stereocenters. The lowest BCUT2D eigenvalue weighted by Gasteiger charge is -2.30. The van der Waals surface area contributed by atoms with Crippen LogP contribution in [0.2, 0.25) is 0 Å². The number of nitrogens with zero attached hydrogens (tertiary/aromatic N) is 1. The van der Waals surface area contributed by atoms with Gasteiger partial charge < -0.3 is 10.0 Å². The Hall–Kier alpha value is -1.60. The molecule has 7 heteroatoms. The van der Waals surface area contributed by atoms with Gasteiger partial charge in [0.2, 0.25) is 10.0 Å². The highest BCUT2D eigenvalue weighted by Gasteiger charge is 2.26. The van der Waals surface area contributed by atoms with Crippen LogP contribution < -0.4 is 4.72 Å². The number of rotatable bonds is 4. The van der Waals surface area contributed by atoms with Crippen molar-refractivity contribution in [2.75, 3.05) is 13.1 Å². The van der Waals surface area contributed by atoms with Crippen molar-refractivity contribution in [2.24, 2.45) is 0 Å². The topological polar surface area (TPSA) is 86.7 Å². The summed E-state index contributed by atoms with van der Waals surface area (Å²) in [4.78, 5) is 12.4. The van der Waals surface area contributed by atoms with Gasteiger partial charge in [0.1, 0.15) is 0 Å². The van der Waals surface area contributed by atoms with Crippen molar-refractivity contribution in [1.29, 1.82) is 0 Å². The molecule has 1 aromatic rings. The van der Waals surface area contributed by atoms with Gasteiger partial charge in [0.05, 0.1) is 4.90 Å². The van der Waals surface area contributed by atoms with E-state index in [1.54, 1.807) is 12.1 Å². The Labute approximate surface area is 124 Å². The van der Waals surface area contributed by atoms with Crippen molar-refractivity contribution in [3.8, 4) is 0 Å². The van der Waals surface area contributed by atoms with Crippen molar-refractivity contribution in [3.05, 3.63) is 29.8 Å². The number of aryl methyl sites for hydroxylation is 1. The largest absolute Gasteiger partial charge is 0.465 e. The van der Waals surface area contributed by atoms with E-state index in [4.69, 9.17) is 5.11 Å². The van der Waals surface area contributed by atoms with Crippen molar-refractivity contribution in [3.63, 3.8) is 0 Å². The lowest BCUT2D eigenvalue weighted by atomic mass is 10.1. The van der Waals surface area contributed by atoms with Crippen LogP contribution in [0.5, 0.6) is 0 Å². The fourth-order valence-corrected chi connectivity index (χ4v) is 3.69. The zero-order valence-corrected chi connectivity index (χ0v) is 12.8. The smallest absolute Gasteiger partial charge is 0.407 e. The number of hydrogen-bond acceptors (Lipinski definition) is 3. The average molecular weight is 312 g/mol. The summed E-state index contributed by atoms with van der Waals surface area (Å²) < 4.78 is 27.2. The molecule has 1 aliphatic rings. The number of benzene rings is 1. The Morgan fingerprint density at radius 1 is 1.29 bits per heavy atom. The maximum absolute atomic E-state index is 12.3. The first-order valence-electron chi connectivity index (χ1n) is 7.01. The normalized spacial score (nSPS) is 16.9. The van der Waals surface area contributed by atoms with Crippen molar-refractivity contribution in [1.82, 2.24) is 9.62 Å². The third-order valence-electron chi connectivity index (χ3n) is 3.73. The fourth-order valence-electron chi connectivity index (χ4n) is 2.38. The summed E-state index contributed by atoms with van der Waals surface area (Å²) >= 11 is 0. The van der Waals surface area contributed by atoms with Crippen LogP contribution in [0.4, 0.5) is 4.79 Å². The summed E-state index contributed by atoms with van der Waals surface area (Å²) in [5.74, 6) is 0. The predicted molar refractivity (Wildman–Crippen MR) is 78.8 cm³/mol. The molecule has 116 valence electrons. The first-order chi connectivity index (χ1) is 9.92. The van der Waals surface area contributed by atoms with E-state index in [1.165, 1.54) is 4.90 Å². The van der Waals surface area contributed by atoms with Crippen LogP contribution in [-0.4, -0.2) is 43.6 Å². The van der Waals surface area contributed by atoms with Gasteiger partial charge in [-0.2, -0.15) is 0 Å². The van der Waals surface area contributed by atoms with E-state index >= 15 is 0 Å². The van der Waals surface area contributed by atoms with Gasteiger partial charge >= 0.3 is 6.09 Å². The van der Waals surface area contributed by atoms with Gasteiger partial charge in [-0.05, 0) is 37.0 Å². The molecule has 2 N–H and O–H groups in total. The molecular weight excluding hydrogens is 292 g/mol. The minimum absolute atomic E-state index is 0.212. The molecule has 2 rings (SSSR count). The Kier molecular flexibility index (Phi) is 4.84. The first kappa shape index (κ1) is 15.8. The van der Waals surface area contributed by atoms with Crippen LogP contribution in [-0.2, 0) is 16.4 Å². The molecule has 0 unspecified atom stereocenters. The highest BCUT2D eigenvalue weighted by molar-refractivity contribution is 7.89. The molecule has 1 aliphatic heterocycles. The molecule has 1 amide bonds. The molecular formula is C14H20N2O4S. The van der Waals surface area contributed by atoms with Gasteiger partial charge in [0, 0.05) is 19.1 Å². The number of nitrogens with one attached hydrogen (secondary N) is 1. The second-order valence-corrected chi connectivity index (χ2v) is 6.88. The Morgan fingerprint density at radius 2 is 1.86 bits per heavy atom. The van der Waals surface area contributed by atoms with Crippen molar-refractivity contribution < 1.29 is 18.3 Å². The van der Waals surface area contributed by atoms with E-state index in [2.05, 4.69) is 4.72 Å². The lowest BCUT2D eigenvalue weighted by molar-refractivity contribution is 0.131. The summed E-state index contributed by atoms with van der Waals surface area (Å²) in [7, 11) is -3.54. The van der Waals surface area contributed by atoms with E-state index in [9.17, 15) is 13.2 Å². The van der Waals surface area contributed by atoms with Crippen molar-refractivity contribution in [2.45, 2.75) is 37.1 Å². The number of carbonyl (C=O) groups is 1. The van der Waals surface area contributed by atoms with E-state index in [0.29, 0.717) is 25.9 Å². The van der Waals surface area contributed by atoms with Crippen LogP contribution in [0.3, 0.4) is 0 Å². The molecule has 1 aromatic carbocycles. The van der Waals surface area contributed by atoms with E-state index < -0.39 is 16.1 Å². The number of amides is 1. The predicted octanol–water partition coefficient (Wildman–Crippen LogP) is 1.67. The average Bonchev–Trinajstić information content (AvgIpc) is 2.47. The van der Waals surface area contributed by atoms with Crippen LogP contribution in [0.15, 0.2) is 29.2 Å². The summed E-state index contributed by atoms with van der Waals surface area (Å²) in [6, 6.07) is 6.61. The Balaban J connectivity index is 1.99. The third kappa shape index (κ3) is 3.95. The van der Waals surface area contributed by atoms with E-state index in [-0.39, 0.29) is 10.9 Å². The van der Waals surface area contributed by atoms with E-state index in [0.717, 1.165) is 12.0 Å². The highest BCUT2D eigenvalue weighted by atomic mass is 32.2. The van der Waals surface area contributed by atoms with Crippen molar-refractivity contribution >= 4 is 16.1 Å². The molecule has 1 fully saturated rings. The minimum Gasteiger partial charge on any atom is -0.465 e. The summed E-state index contributed by atoms with van der Waals surface area (Å²) in [5, 5.41) is 8.87. The minimum atomic E-state index is -3.54. The van der Waals surface area contributed by atoms with Gasteiger partial charge in [-0.15, -0.1) is 0 Å². The zero-order chi connectivity index (χ0) is 15.5. The fraction of sp³-hybridized carbons (Fsp3) is 0.500. The van der Waals surface area contributed by atoms with Crippen LogP contribution >= 0.6 is 0 Å². The standard InChI is InChI=1S/C14H20N2O4S/c1-2-11-3-5-13(6-4-11)21(19,20)15-12-7-9-16(10-8-12)14(17)18/h3-6,12,15H,2,7-10H2,1H3,(H,17,18). The van der Waals surface area contributed by atoms with Gasteiger partial charge in [0.15, 0.2) is 0 Å². The Morgan fingerprint density at radius 3 is 2.33 bits per heavy atom. The number of likely N-dealkylation sites (tertiary alicyclic amines) is 1. The maximum Gasteiger partial charge on any atom is 0.407 e. The molecule has 1 heterocycles. The molecule has 0 radical (unpaired) electrons. The molecule has 0 aliphatic carbocycles. The molecule has 0 bridgehead atoms. The second kappa shape index (κ2) is 6.44. The SMILES string of the molecule is CCc1ccc(S(=O)(=O)NC2CCN(C(=O)O)CC2)cc1. The number of carboxylic acid groups (broad SMARTS) is 1. The summed E-state index contributed by atoms with van der Waals surface area (Å²) in [6.07, 6.45) is 0.907. The second-order valence-electron chi connectivity index (χ2n) is 5.16. The van der Waals surface area contributed by atoms with Gasteiger partial charge in [-0.3, -0.25) is 0 Å². The summed E-state index contributed by atoms with van der Waals surface area (Å²) in [5.41, 5.74) is 1.09. The van der Waals surface area contributed by atoms with Gasteiger partial charge in [-0.1, -0.05) is 19.1 Å². The Bertz CT molecular complexity index is 590. The molecule has 21 heavy (non-hydrogen) atoms. The maximum atomic E-state index is 12.3. The quantitative estimate of drug-likeness (QED) is 0.885. The van der Waals surface area contributed by atoms with Crippen LogP contribution in [0.1, 0.15) is 25.3 Å². The van der Waals surface area contributed by atoms with Crippen LogP contribution in [0.25, 0.3) is 0 Å². The van der Waals surface area contributed by atoms with E-state index in [1.807, 2.05) is 19.1 Å². The molecule has 0 saturated carbocycles. The number of hydrogen-bond donors (Lipinski definition) is 2. The molecule has 1 saturated heterocycles.